The molecule has 2 heterocycles. The van der Waals surface area contributed by atoms with Crippen molar-refractivity contribution >= 4 is 11.9 Å². The van der Waals surface area contributed by atoms with Crippen LogP contribution < -0.4 is 0 Å². The zero-order valence-corrected chi connectivity index (χ0v) is 9.16. The first kappa shape index (κ1) is 11.6. The molecule has 1 amide bonds. The topological polar surface area (TPSA) is 104 Å². The van der Waals surface area contributed by atoms with Crippen molar-refractivity contribution in [2.24, 2.45) is 0 Å². The number of aliphatic hydroxyl groups excluding tert-OH is 1. The summed E-state index contributed by atoms with van der Waals surface area (Å²) < 4.78 is 4.76. The molecule has 1 saturated heterocycles. The molecule has 7 nitrogen and oxygen atoms in total. The Morgan fingerprint density at radius 2 is 2.29 bits per heavy atom. The first-order valence-electron chi connectivity index (χ1n) is 5.14. The standard InChI is InChI=1S/C10H12N2O5/c1-5-2-7(11-17-5)9(14)12-4-6(13)3-8(12)10(15)16/h2,6,8,13H,3-4H2,1H3,(H,15,16)/t6?,8-/m0/s1. The van der Waals surface area contributed by atoms with E-state index in [0.717, 1.165) is 4.90 Å². The highest BCUT2D eigenvalue weighted by molar-refractivity contribution is 5.95. The lowest BCUT2D eigenvalue weighted by molar-refractivity contribution is -0.141. The summed E-state index contributed by atoms with van der Waals surface area (Å²) in [6, 6.07) is 0.431. The summed E-state index contributed by atoms with van der Waals surface area (Å²) in [4.78, 5) is 24.0. The van der Waals surface area contributed by atoms with E-state index >= 15 is 0 Å². The summed E-state index contributed by atoms with van der Waals surface area (Å²) in [6.45, 7) is 1.64. The van der Waals surface area contributed by atoms with Crippen LogP contribution in [0.5, 0.6) is 0 Å². The number of likely N-dealkylation sites (tertiary alicyclic amines) is 1. The number of nitrogens with zero attached hydrogens (tertiary/aromatic N) is 2. The minimum absolute atomic E-state index is 0.00169. The highest BCUT2D eigenvalue weighted by Gasteiger charge is 2.40. The van der Waals surface area contributed by atoms with Crippen molar-refractivity contribution in [1.29, 1.82) is 0 Å². The largest absolute Gasteiger partial charge is 0.480 e. The van der Waals surface area contributed by atoms with Crippen LogP contribution in [0, 0.1) is 6.92 Å². The number of hydrogen-bond acceptors (Lipinski definition) is 5. The molecule has 0 spiro atoms. The second kappa shape index (κ2) is 4.17. The van der Waals surface area contributed by atoms with Gasteiger partial charge in [0.1, 0.15) is 11.8 Å². The van der Waals surface area contributed by atoms with E-state index in [1.807, 2.05) is 0 Å². The number of carboxylic acid groups (broad SMARTS) is 1. The molecule has 92 valence electrons. The molecule has 1 fully saturated rings. The minimum atomic E-state index is -1.13. The summed E-state index contributed by atoms with van der Waals surface area (Å²) in [5, 5.41) is 21.9. The molecule has 0 saturated carbocycles. The van der Waals surface area contributed by atoms with Crippen molar-refractivity contribution in [2.75, 3.05) is 6.54 Å². The third kappa shape index (κ3) is 2.14. The fourth-order valence-corrected chi connectivity index (χ4v) is 1.89. The second-order valence-electron chi connectivity index (χ2n) is 4.02. The van der Waals surface area contributed by atoms with Crippen molar-refractivity contribution in [3.05, 3.63) is 17.5 Å². The summed E-state index contributed by atoms with van der Waals surface area (Å²) in [5.41, 5.74) is 0.0582. The lowest BCUT2D eigenvalue weighted by Gasteiger charge is -2.19. The molecule has 0 bridgehead atoms. The molecule has 1 aromatic heterocycles. The maximum Gasteiger partial charge on any atom is 0.326 e. The van der Waals surface area contributed by atoms with Gasteiger partial charge in [-0.2, -0.15) is 0 Å². The van der Waals surface area contributed by atoms with Crippen LogP contribution in [-0.2, 0) is 4.79 Å². The number of carbonyl (C=O) groups is 2. The quantitative estimate of drug-likeness (QED) is 0.731. The third-order valence-electron chi connectivity index (χ3n) is 2.67. The van der Waals surface area contributed by atoms with E-state index in [1.165, 1.54) is 6.07 Å². The van der Waals surface area contributed by atoms with Gasteiger partial charge < -0.3 is 19.6 Å². The second-order valence-corrected chi connectivity index (χ2v) is 4.02. The fourth-order valence-electron chi connectivity index (χ4n) is 1.89. The molecule has 1 aliphatic rings. The Balaban J connectivity index is 2.21. The third-order valence-corrected chi connectivity index (χ3v) is 2.67. The van der Waals surface area contributed by atoms with Gasteiger partial charge in [0.05, 0.1) is 6.10 Å². The van der Waals surface area contributed by atoms with Crippen LogP contribution in [0.2, 0.25) is 0 Å². The van der Waals surface area contributed by atoms with Crippen molar-refractivity contribution in [3.8, 4) is 0 Å². The van der Waals surface area contributed by atoms with E-state index < -0.39 is 24.0 Å². The molecular weight excluding hydrogens is 228 g/mol. The van der Waals surface area contributed by atoms with Gasteiger partial charge in [0.15, 0.2) is 5.69 Å². The Labute approximate surface area is 96.6 Å². The molecule has 17 heavy (non-hydrogen) atoms. The lowest BCUT2D eigenvalue weighted by Crippen LogP contribution is -2.40. The van der Waals surface area contributed by atoms with Gasteiger partial charge >= 0.3 is 5.97 Å². The van der Waals surface area contributed by atoms with Crippen molar-refractivity contribution in [1.82, 2.24) is 10.1 Å². The van der Waals surface area contributed by atoms with Gasteiger partial charge in [0, 0.05) is 19.0 Å². The van der Waals surface area contributed by atoms with E-state index in [2.05, 4.69) is 5.16 Å². The SMILES string of the molecule is Cc1cc(C(=O)N2CC(O)C[C@H]2C(=O)O)no1. The number of hydrogen-bond donors (Lipinski definition) is 2. The molecule has 2 atom stereocenters. The van der Waals surface area contributed by atoms with Crippen LogP contribution in [0.3, 0.4) is 0 Å². The van der Waals surface area contributed by atoms with Crippen molar-refractivity contribution in [3.63, 3.8) is 0 Å². The van der Waals surface area contributed by atoms with Gasteiger partial charge in [-0.25, -0.2) is 4.79 Å². The molecule has 2 N–H and O–H groups in total. The number of aliphatic carboxylic acids is 1. The van der Waals surface area contributed by atoms with E-state index in [1.54, 1.807) is 6.92 Å². The summed E-state index contributed by atoms with van der Waals surface area (Å²) >= 11 is 0. The van der Waals surface area contributed by atoms with Gasteiger partial charge in [0.25, 0.3) is 5.91 Å². The molecule has 0 radical (unpaired) electrons. The van der Waals surface area contributed by atoms with E-state index in [-0.39, 0.29) is 18.7 Å². The number of carboxylic acids is 1. The number of β-amino-alcohol motifs (C(OH)–C–C–N with tert-alkyl or cyclic N) is 1. The maximum absolute atomic E-state index is 11.9. The van der Waals surface area contributed by atoms with Crippen LogP contribution in [0.15, 0.2) is 10.6 Å². The molecule has 2 rings (SSSR count). The number of carbonyl (C=O) groups excluding carboxylic acids is 1. The van der Waals surface area contributed by atoms with E-state index in [9.17, 15) is 14.7 Å². The van der Waals surface area contributed by atoms with Crippen LogP contribution in [0.4, 0.5) is 0 Å². The highest BCUT2D eigenvalue weighted by Crippen LogP contribution is 2.20. The monoisotopic (exact) mass is 240 g/mol. The Bertz CT molecular complexity index is 455. The van der Waals surface area contributed by atoms with Gasteiger partial charge in [-0.05, 0) is 6.92 Å². The van der Waals surface area contributed by atoms with Crippen LogP contribution in [0.25, 0.3) is 0 Å². The Hall–Kier alpha value is -1.89. The first-order chi connectivity index (χ1) is 7.99. The van der Waals surface area contributed by atoms with Gasteiger partial charge in [-0.3, -0.25) is 4.79 Å². The van der Waals surface area contributed by atoms with Crippen LogP contribution >= 0.6 is 0 Å². The average Bonchev–Trinajstić information content (AvgIpc) is 2.83. The number of aliphatic hydroxyl groups is 1. The van der Waals surface area contributed by atoms with Gasteiger partial charge in [-0.1, -0.05) is 5.16 Å². The normalized spacial score (nSPS) is 24.0. The predicted molar refractivity (Wildman–Crippen MR) is 54.3 cm³/mol. The Morgan fingerprint density at radius 3 is 2.82 bits per heavy atom. The average molecular weight is 240 g/mol. The van der Waals surface area contributed by atoms with Crippen LogP contribution in [0.1, 0.15) is 22.7 Å². The molecule has 0 aliphatic carbocycles. The zero-order valence-electron chi connectivity index (χ0n) is 9.16. The summed E-state index contributed by atoms with van der Waals surface area (Å²) in [5.74, 6) is -1.19. The maximum atomic E-state index is 11.9. The molecular formula is C10H12N2O5. The molecule has 1 unspecified atom stereocenters. The first-order valence-corrected chi connectivity index (χ1v) is 5.14. The van der Waals surface area contributed by atoms with Crippen LogP contribution in [-0.4, -0.2) is 50.8 Å². The van der Waals surface area contributed by atoms with Gasteiger partial charge in [0.2, 0.25) is 0 Å². The molecule has 7 heteroatoms. The lowest BCUT2D eigenvalue weighted by atomic mass is 10.2. The zero-order chi connectivity index (χ0) is 12.6. The van der Waals surface area contributed by atoms with E-state index in [4.69, 9.17) is 9.63 Å². The van der Waals surface area contributed by atoms with Crippen molar-refractivity contribution in [2.45, 2.75) is 25.5 Å². The number of aryl methyl sites for hydroxylation is 1. The molecule has 1 aromatic rings. The smallest absolute Gasteiger partial charge is 0.326 e. The summed E-state index contributed by atoms with van der Waals surface area (Å²) in [7, 11) is 0. The van der Waals surface area contributed by atoms with Crippen molar-refractivity contribution < 1.29 is 24.3 Å². The number of amides is 1. The number of aromatic nitrogens is 1. The Morgan fingerprint density at radius 1 is 1.59 bits per heavy atom. The number of rotatable bonds is 2. The van der Waals surface area contributed by atoms with Gasteiger partial charge in [-0.15, -0.1) is 0 Å². The molecule has 0 aromatic carbocycles. The Kier molecular flexibility index (Phi) is 2.84. The highest BCUT2D eigenvalue weighted by atomic mass is 16.5. The molecule has 1 aliphatic heterocycles. The summed E-state index contributed by atoms with van der Waals surface area (Å²) in [6.07, 6.45) is -0.772. The fraction of sp³-hybridized carbons (Fsp3) is 0.500. The minimum Gasteiger partial charge on any atom is -0.480 e. The van der Waals surface area contributed by atoms with E-state index in [0.29, 0.717) is 5.76 Å². The predicted octanol–water partition coefficient (Wildman–Crippen LogP) is -0.357.